The number of halogens is 3. The van der Waals surface area contributed by atoms with Gasteiger partial charge in [0, 0.05) is 22.5 Å². The number of carbonyl (C=O) groups is 1. The van der Waals surface area contributed by atoms with Crippen LogP contribution in [0.4, 0.5) is 21.6 Å². The van der Waals surface area contributed by atoms with Crippen LogP contribution in [0.15, 0.2) is 48.5 Å². The molecule has 0 aliphatic heterocycles. The monoisotopic (exact) mass is 390 g/mol. The first-order valence-corrected chi connectivity index (χ1v) is 8.31. The molecular weight excluding hydrogens is 378 g/mol. The molecule has 1 aromatic heterocycles. The Labute approximate surface area is 159 Å². The van der Waals surface area contributed by atoms with Gasteiger partial charge in [0.2, 0.25) is 0 Å². The number of aromatic nitrogens is 2. The van der Waals surface area contributed by atoms with Gasteiger partial charge in [0.1, 0.15) is 23.2 Å². The third-order valence-corrected chi connectivity index (χ3v) is 3.91. The zero-order valence-corrected chi connectivity index (χ0v) is 15.1. The summed E-state index contributed by atoms with van der Waals surface area (Å²) in [7, 11) is 0. The molecule has 3 aromatic rings. The number of carbonyl (C=O) groups excluding carboxylic acids is 1. The predicted molar refractivity (Wildman–Crippen MR) is 101 cm³/mol. The highest BCUT2D eigenvalue weighted by Crippen LogP contribution is 2.22. The van der Waals surface area contributed by atoms with Crippen LogP contribution >= 0.6 is 23.2 Å². The van der Waals surface area contributed by atoms with Crippen molar-refractivity contribution in [2.24, 2.45) is 0 Å². The average molecular weight is 391 g/mol. The topological polar surface area (TPSA) is 66.9 Å². The van der Waals surface area contributed by atoms with Crippen molar-refractivity contribution in [3.05, 3.63) is 75.9 Å². The maximum Gasteiger partial charge on any atom is 0.274 e. The molecule has 0 atom stereocenters. The molecule has 1 heterocycles. The van der Waals surface area contributed by atoms with Crippen molar-refractivity contribution in [3.63, 3.8) is 0 Å². The molecule has 3 rings (SSSR count). The molecule has 2 N–H and O–H groups in total. The third-order valence-electron chi connectivity index (χ3n) is 3.36. The molecule has 0 saturated heterocycles. The first-order chi connectivity index (χ1) is 12.4. The Morgan fingerprint density at radius 1 is 1.00 bits per heavy atom. The minimum Gasteiger partial charge on any atom is -0.340 e. The maximum atomic E-state index is 13.3. The second kappa shape index (κ2) is 7.68. The molecule has 0 unspecified atom stereocenters. The fourth-order valence-electron chi connectivity index (χ4n) is 2.20. The van der Waals surface area contributed by atoms with Gasteiger partial charge < -0.3 is 10.6 Å². The number of anilines is 3. The molecule has 0 spiro atoms. The predicted octanol–water partition coefficient (Wildman–Crippen LogP) is 5.23. The van der Waals surface area contributed by atoms with Gasteiger partial charge in [-0.15, -0.1) is 0 Å². The lowest BCUT2D eigenvalue weighted by atomic mass is 10.3. The Hall–Kier alpha value is -2.70. The lowest BCUT2D eigenvalue weighted by Crippen LogP contribution is -2.15. The lowest BCUT2D eigenvalue weighted by molar-refractivity contribution is 0.102. The standard InChI is InChI=1S/C18H13Cl2FN4O/c1-10-22-16(18(26)25-12-4-2-11(19)3-5-12)9-17(23-10)24-13-6-7-15(21)14(20)8-13/h2-9H,1H3,(H,25,26)(H,22,23,24). The summed E-state index contributed by atoms with van der Waals surface area (Å²) in [5, 5.41) is 6.28. The van der Waals surface area contributed by atoms with Crippen molar-refractivity contribution in [1.29, 1.82) is 0 Å². The molecule has 2 aromatic carbocycles. The molecule has 0 radical (unpaired) electrons. The zero-order valence-electron chi connectivity index (χ0n) is 13.6. The summed E-state index contributed by atoms with van der Waals surface area (Å²) >= 11 is 11.6. The second-order valence-corrected chi connectivity index (χ2v) is 6.24. The summed E-state index contributed by atoms with van der Waals surface area (Å²) in [6.07, 6.45) is 0. The summed E-state index contributed by atoms with van der Waals surface area (Å²) in [6, 6.07) is 12.4. The van der Waals surface area contributed by atoms with E-state index in [1.807, 2.05) is 0 Å². The van der Waals surface area contributed by atoms with E-state index in [2.05, 4.69) is 20.6 Å². The van der Waals surface area contributed by atoms with Crippen LogP contribution in [0.2, 0.25) is 10.0 Å². The highest BCUT2D eigenvalue weighted by Gasteiger charge is 2.12. The SMILES string of the molecule is Cc1nc(Nc2ccc(F)c(Cl)c2)cc(C(=O)Nc2ccc(Cl)cc2)n1. The zero-order chi connectivity index (χ0) is 18.7. The molecule has 1 amide bonds. The molecule has 132 valence electrons. The van der Waals surface area contributed by atoms with Gasteiger partial charge in [-0.25, -0.2) is 14.4 Å². The Balaban J connectivity index is 1.81. The van der Waals surface area contributed by atoms with E-state index in [0.717, 1.165) is 0 Å². The van der Waals surface area contributed by atoms with Crippen LogP contribution in [0, 0.1) is 12.7 Å². The van der Waals surface area contributed by atoms with Crippen molar-refractivity contribution in [1.82, 2.24) is 9.97 Å². The normalized spacial score (nSPS) is 10.5. The van der Waals surface area contributed by atoms with Crippen molar-refractivity contribution in [2.45, 2.75) is 6.92 Å². The minimum atomic E-state index is -0.515. The van der Waals surface area contributed by atoms with Crippen LogP contribution in [-0.2, 0) is 0 Å². The van der Waals surface area contributed by atoms with Crippen molar-refractivity contribution in [3.8, 4) is 0 Å². The van der Waals surface area contributed by atoms with Gasteiger partial charge >= 0.3 is 0 Å². The summed E-state index contributed by atoms with van der Waals surface area (Å²) in [5.41, 5.74) is 1.32. The van der Waals surface area contributed by atoms with Crippen molar-refractivity contribution >= 4 is 46.3 Å². The van der Waals surface area contributed by atoms with Crippen LogP contribution in [0.3, 0.4) is 0 Å². The van der Waals surface area contributed by atoms with E-state index in [-0.39, 0.29) is 10.7 Å². The molecule has 0 fully saturated rings. The number of nitrogens with zero attached hydrogens (tertiary/aromatic N) is 2. The van der Waals surface area contributed by atoms with E-state index in [1.165, 1.54) is 24.3 Å². The van der Waals surface area contributed by atoms with Gasteiger partial charge in [0.05, 0.1) is 5.02 Å². The quantitative estimate of drug-likeness (QED) is 0.640. The van der Waals surface area contributed by atoms with Crippen molar-refractivity contribution < 1.29 is 9.18 Å². The fourth-order valence-corrected chi connectivity index (χ4v) is 2.50. The molecule has 8 heteroatoms. The number of rotatable bonds is 4. The minimum absolute atomic E-state index is 0.0125. The third kappa shape index (κ3) is 4.47. The van der Waals surface area contributed by atoms with Gasteiger partial charge in [-0.05, 0) is 49.4 Å². The molecule has 26 heavy (non-hydrogen) atoms. The van der Waals surface area contributed by atoms with Gasteiger partial charge in [0.15, 0.2) is 0 Å². The van der Waals surface area contributed by atoms with Crippen LogP contribution in [0.5, 0.6) is 0 Å². The van der Waals surface area contributed by atoms with Gasteiger partial charge in [-0.3, -0.25) is 4.79 Å². The number of nitrogens with one attached hydrogen (secondary N) is 2. The van der Waals surface area contributed by atoms with E-state index < -0.39 is 11.7 Å². The Kier molecular flexibility index (Phi) is 5.35. The van der Waals surface area contributed by atoms with E-state index in [9.17, 15) is 9.18 Å². The number of benzene rings is 2. The molecule has 0 aliphatic carbocycles. The van der Waals surface area contributed by atoms with Crippen LogP contribution in [-0.4, -0.2) is 15.9 Å². The van der Waals surface area contributed by atoms with Crippen LogP contribution in [0.25, 0.3) is 0 Å². The summed E-state index contributed by atoms with van der Waals surface area (Å²) in [4.78, 5) is 20.8. The molecular formula is C18H13Cl2FN4O. The second-order valence-electron chi connectivity index (χ2n) is 5.40. The van der Waals surface area contributed by atoms with Crippen LogP contribution < -0.4 is 10.6 Å². The molecule has 0 bridgehead atoms. The smallest absolute Gasteiger partial charge is 0.274 e. The van der Waals surface area contributed by atoms with E-state index in [0.29, 0.717) is 28.0 Å². The summed E-state index contributed by atoms with van der Waals surface area (Å²) < 4.78 is 13.3. The highest BCUT2D eigenvalue weighted by molar-refractivity contribution is 6.31. The van der Waals surface area contributed by atoms with Gasteiger partial charge in [-0.2, -0.15) is 0 Å². The average Bonchev–Trinajstić information content (AvgIpc) is 2.59. The Morgan fingerprint density at radius 3 is 2.38 bits per heavy atom. The van der Waals surface area contributed by atoms with Crippen molar-refractivity contribution in [2.75, 3.05) is 10.6 Å². The Morgan fingerprint density at radius 2 is 1.69 bits per heavy atom. The number of aryl methyl sites for hydroxylation is 1. The van der Waals surface area contributed by atoms with E-state index in [4.69, 9.17) is 23.2 Å². The number of amides is 1. The fraction of sp³-hybridized carbons (Fsp3) is 0.0556. The van der Waals surface area contributed by atoms with Gasteiger partial charge in [0.25, 0.3) is 5.91 Å². The number of hydrogen-bond acceptors (Lipinski definition) is 4. The molecule has 0 aliphatic rings. The Bertz CT molecular complexity index is 964. The molecule has 0 saturated carbocycles. The highest BCUT2D eigenvalue weighted by atomic mass is 35.5. The van der Waals surface area contributed by atoms with Gasteiger partial charge in [-0.1, -0.05) is 23.2 Å². The largest absolute Gasteiger partial charge is 0.340 e. The first kappa shape index (κ1) is 18.1. The lowest BCUT2D eigenvalue weighted by Gasteiger charge is -2.10. The summed E-state index contributed by atoms with van der Waals surface area (Å²) in [6.45, 7) is 1.67. The molecule has 5 nitrogen and oxygen atoms in total. The first-order valence-electron chi connectivity index (χ1n) is 7.55. The summed E-state index contributed by atoms with van der Waals surface area (Å²) in [5.74, 6) is -0.108. The van der Waals surface area contributed by atoms with Crippen LogP contribution in [0.1, 0.15) is 16.3 Å². The maximum absolute atomic E-state index is 13.3. The van der Waals surface area contributed by atoms with E-state index in [1.54, 1.807) is 31.2 Å². The number of hydrogen-bond donors (Lipinski definition) is 2. The van der Waals surface area contributed by atoms with E-state index >= 15 is 0 Å².